The van der Waals surface area contributed by atoms with Gasteiger partial charge in [0.05, 0.1) is 29.2 Å². The fourth-order valence-corrected chi connectivity index (χ4v) is 3.52. The van der Waals surface area contributed by atoms with E-state index in [4.69, 9.17) is 26.2 Å². The number of phenolic OH excluding ortho intramolecular Hbond substituents is 1. The van der Waals surface area contributed by atoms with E-state index >= 15 is 0 Å². The topological polar surface area (TPSA) is 93.1 Å². The zero-order chi connectivity index (χ0) is 21.7. The van der Waals surface area contributed by atoms with Gasteiger partial charge in [0.2, 0.25) is 0 Å². The molecule has 0 atom stereocenters. The fourth-order valence-electron chi connectivity index (χ4n) is 3.01. The molecule has 2 N–H and O–H groups in total. The zero-order valence-electron chi connectivity index (χ0n) is 15.9. The molecular weight excluding hydrogens is 476 g/mol. The minimum absolute atomic E-state index is 0.0421. The van der Waals surface area contributed by atoms with Gasteiger partial charge in [-0.15, -0.1) is 0 Å². The number of carboxylic acids is 1. The summed E-state index contributed by atoms with van der Waals surface area (Å²) in [5.41, 5.74) is 0.801. The van der Waals surface area contributed by atoms with Gasteiger partial charge in [-0.1, -0.05) is 39.7 Å². The van der Waals surface area contributed by atoms with Crippen LogP contribution in [0.3, 0.4) is 0 Å². The fraction of sp³-hybridized carbons (Fsp3) is 0.273. The van der Waals surface area contributed by atoms with E-state index in [9.17, 15) is 14.7 Å². The molecule has 0 heterocycles. The van der Waals surface area contributed by atoms with Crippen molar-refractivity contribution in [1.29, 1.82) is 0 Å². The van der Waals surface area contributed by atoms with E-state index in [0.29, 0.717) is 30.8 Å². The first-order valence-corrected chi connectivity index (χ1v) is 10.5. The third-order valence-electron chi connectivity index (χ3n) is 4.78. The van der Waals surface area contributed by atoms with E-state index in [-0.39, 0.29) is 40.7 Å². The number of aromatic hydroxyl groups is 1. The van der Waals surface area contributed by atoms with E-state index in [1.54, 1.807) is 24.3 Å². The molecule has 0 aromatic heterocycles. The molecule has 0 amide bonds. The Morgan fingerprint density at radius 1 is 1.20 bits per heavy atom. The van der Waals surface area contributed by atoms with Crippen LogP contribution in [0.4, 0.5) is 0 Å². The second-order valence-corrected chi connectivity index (χ2v) is 8.19. The van der Waals surface area contributed by atoms with Crippen molar-refractivity contribution in [2.24, 2.45) is 5.92 Å². The van der Waals surface area contributed by atoms with Crippen LogP contribution in [0.2, 0.25) is 5.02 Å². The first-order valence-electron chi connectivity index (χ1n) is 9.32. The number of allylic oxidation sites excluding steroid dienone is 1. The third kappa shape index (κ3) is 5.62. The van der Waals surface area contributed by atoms with Crippen molar-refractivity contribution in [3.63, 3.8) is 0 Å². The summed E-state index contributed by atoms with van der Waals surface area (Å²) in [6.45, 7) is 0.622. The number of hydrogen-bond donors (Lipinski definition) is 2. The molecule has 1 saturated carbocycles. The highest BCUT2D eigenvalue weighted by molar-refractivity contribution is 9.10. The van der Waals surface area contributed by atoms with Crippen LogP contribution in [0.15, 0.2) is 46.9 Å². The molecule has 2 aromatic rings. The molecular formula is C22H20BrClO6. The Morgan fingerprint density at radius 3 is 2.70 bits per heavy atom. The van der Waals surface area contributed by atoms with Gasteiger partial charge in [-0.25, -0.2) is 0 Å². The molecule has 2 aromatic carbocycles. The normalized spacial score (nSPS) is 18.2. The van der Waals surface area contributed by atoms with E-state index < -0.39 is 5.97 Å². The van der Waals surface area contributed by atoms with Crippen LogP contribution in [0.1, 0.15) is 28.8 Å². The van der Waals surface area contributed by atoms with Gasteiger partial charge < -0.3 is 19.7 Å². The Morgan fingerprint density at radius 2 is 1.97 bits per heavy atom. The number of carboxylic acid groups (broad SMARTS) is 1. The van der Waals surface area contributed by atoms with Crippen LogP contribution >= 0.6 is 27.5 Å². The maximum Gasteiger partial charge on any atom is 0.306 e. The number of hydrogen-bond acceptors (Lipinski definition) is 5. The molecule has 0 bridgehead atoms. The van der Waals surface area contributed by atoms with Crippen LogP contribution < -0.4 is 4.74 Å². The first kappa shape index (κ1) is 22.3. The summed E-state index contributed by atoms with van der Waals surface area (Å²) in [4.78, 5) is 23.2. The summed E-state index contributed by atoms with van der Waals surface area (Å²) in [5, 5.41) is 18.9. The summed E-state index contributed by atoms with van der Waals surface area (Å²) in [6.07, 6.45) is 3.96. The number of halogens is 2. The van der Waals surface area contributed by atoms with Crippen LogP contribution in [0.25, 0.3) is 6.08 Å². The van der Waals surface area contributed by atoms with Gasteiger partial charge in [0.15, 0.2) is 5.78 Å². The van der Waals surface area contributed by atoms with Crippen molar-refractivity contribution in [3.05, 3.63) is 63.1 Å². The number of phenols is 1. The average molecular weight is 496 g/mol. The molecule has 158 valence electrons. The Labute approximate surface area is 187 Å². The number of rotatable bonds is 9. The van der Waals surface area contributed by atoms with Crippen LogP contribution in [0.5, 0.6) is 11.5 Å². The number of aliphatic carboxylic acids is 1. The molecule has 1 aliphatic carbocycles. The highest BCUT2D eigenvalue weighted by Crippen LogP contribution is 2.31. The average Bonchev–Trinajstić information content (AvgIpc) is 2.67. The van der Waals surface area contributed by atoms with Gasteiger partial charge in [-0.3, -0.25) is 9.59 Å². The Balaban J connectivity index is 1.58. The summed E-state index contributed by atoms with van der Waals surface area (Å²) in [5.74, 6) is -1.17. The lowest BCUT2D eigenvalue weighted by Gasteiger charge is -2.32. The van der Waals surface area contributed by atoms with E-state index in [1.165, 1.54) is 18.2 Å². The van der Waals surface area contributed by atoms with Crippen LogP contribution in [-0.2, 0) is 9.53 Å². The predicted molar refractivity (Wildman–Crippen MR) is 116 cm³/mol. The van der Waals surface area contributed by atoms with Gasteiger partial charge in [-0.2, -0.15) is 0 Å². The number of benzene rings is 2. The molecule has 1 aliphatic rings. The van der Waals surface area contributed by atoms with Crippen LogP contribution in [0, 0.1) is 5.92 Å². The highest BCUT2D eigenvalue weighted by atomic mass is 79.9. The molecule has 30 heavy (non-hydrogen) atoms. The summed E-state index contributed by atoms with van der Waals surface area (Å²) < 4.78 is 12.2. The van der Waals surface area contributed by atoms with Crippen molar-refractivity contribution in [2.45, 2.75) is 18.9 Å². The van der Waals surface area contributed by atoms with E-state index in [2.05, 4.69) is 15.9 Å². The van der Waals surface area contributed by atoms with Gasteiger partial charge in [-0.05, 0) is 49.3 Å². The molecule has 8 heteroatoms. The second-order valence-electron chi connectivity index (χ2n) is 6.86. The molecule has 0 unspecified atom stereocenters. The summed E-state index contributed by atoms with van der Waals surface area (Å²) in [7, 11) is 0. The Hall–Kier alpha value is -2.35. The molecule has 0 aliphatic heterocycles. The van der Waals surface area contributed by atoms with Gasteiger partial charge in [0, 0.05) is 10.0 Å². The standard InChI is InChI=1S/C22H20BrClO6/c23-15-6-4-13(5-7-19(25)17-2-1-3-18(24)21(17)26)20(12-15)30-9-8-29-16-10-14(11-16)22(27)28/h1-7,12,14,16,26H,8-11H2,(H,27,28)/b7-5+/t14-,16+. The van der Waals surface area contributed by atoms with E-state index in [1.807, 2.05) is 6.07 Å². The van der Waals surface area contributed by atoms with Crippen molar-refractivity contribution in [1.82, 2.24) is 0 Å². The van der Waals surface area contributed by atoms with Crippen molar-refractivity contribution in [2.75, 3.05) is 13.2 Å². The minimum atomic E-state index is -0.780. The molecule has 1 fully saturated rings. The summed E-state index contributed by atoms with van der Waals surface area (Å²) >= 11 is 9.25. The summed E-state index contributed by atoms with van der Waals surface area (Å²) in [6, 6.07) is 10.0. The Kier molecular flexibility index (Phi) is 7.53. The Bertz CT molecular complexity index is 968. The van der Waals surface area contributed by atoms with Crippen molar-refractivity contribution in [3.8, 4) is 11.5 Å². The molecule has 3 rings (SSSR count). The minimum Gasteiger partial charge on any atom is -0.506 e. The van der Waals surface area contributed by atoms with E-state index in [0.717, 1.165) is 4.47 Å². The maximum atomic E-state index is 12.4. The largest absolute Gasteiger partial charge is 0.506 e. The van der Waals surface area contributed by atoms with Gasteiger partial charge in [0.1, 0.15) is 18.1 Å². The predicted octanol–water partition coefficient (Wildman–Crippen LogP) is 4.96. The van der Waals surface area contributed by atoms with Crippen molar-refractivity contribution < 1.29 is 29.3 Å². The third-order valence-corrected chi connectivity index (χ3v) is 5.58. The lowest BCUT2D eigenvalue weighted by atomic mass is 9.82. The van der Waals surface area contributed by atoms with Gasteiger partial charge >= 0.3 is 5.97 Å². The van der Waals surface area contributed by atoms with Gasteiger partial charge in [0.25, 0.3) is 0 Å². The molecule has 0 saturated heterocycles. The molecule has 0 spiro atoms. The monoisotopic (exact) mass is 494 g/mol. The molecule has 6 nitrogen and oxygen atoms in total. The number of carbonyl (C=O) groups is 2. The lowest BCUT2D eigenvalue weighted by Crippen LogP contribution is -2.37. The van der Waals surface area contributed by atoms with Crippen molar-refractivity contribution >= 4 is 45.4 Å². The molecule has 0 radical (unpaired) electrons. The lowest BCUT2D eigenvalue weighted by molar-refractivity contribution is -0.151. The number of ketones is 1. The number of para-hydroxylation sites is 1. The maximum absolute atomic E-state index is 12.4. The first-order chi connectivity index (χ1) is 14.3. The van der Waals surface area contributed by atoms with Crippen LogP contribution in [-0.4, -0.2) is 41.3 Å². The second kappa shape index (κ2) is 10.1. The SMILES string of the molecule is O=C(/C=C/c1ccc(Br)cc1OCCO[C@H]1C[C@@H](C(=O)O)C1)c1cccc(Cl)c1O. The highest BCUT2D eigenvalue weighted by Gasteiger charge is 2.34. The number of carbonyl (C=O) groups excluding carboxylic acids is 1. The quantitative estimate of drug-likeness (QED) is 0.290. The number of ether oxygens (including phenoxy) is 2. The smallest absolute Gasteiger partial charge is 0.306 e. The zero-order valence-corrected chi connectivity index (χ0v) is 18.2.